The molecule has 5 unspecified atom stereocenters. The van der Waals surface area contributed by atoms with Crippen LogP contribution in [-0.2, 0) is 0 Å². The van der Waals surface area contributed by atoms with Gasteiger partial charge < -0.3 is 0 Å². The lowest BCUT2D eigenvalue weighted by Crippen LogP contribution is -2.50. The van der Waals surface area contributed by atoms with E-state index in [4.69, 9.17) is 0 Å². The molecule has 28 heavy (non-hydrogen) atoms. The molecule has 0 bridgehead atoms. The fourth-order valence-electron chi connectivity index (χ4n) is 5.37. The highest BCUT2D eigenvalue weighted by Crippen LogP contribution is 2.57. The molecule has 0 spiro atoms. The zero-order chi connectivity index (χ0) is 18.7. The van der Waals surface area contributed by atoms with Crippen LogP contribution >= 0.6 is 11.8 Å². The van der Waals surface area contributed by atoms with Crippen LogP contribution in [0.4, 0.5) is 4.39 Å². The molecule has 2 nitrogen and oxygen atoms in total. The normalized spacial score (nSPS) is 41.0. The van der Waals surface area contributed by atoms with Crippen LogP contribution in [-0.4, -0.2) is 34.2 Å². The van der Waals surface area contributed by atoms with E-state index in [2.05, 4.69) is 70.9 Å². The second-order valence-corrected chi connectivity index (χ2v) is 9.86. The van der Waals surface area contributed by atoms with Gasteiger partial charge in [0.25, 0.3) is 0 Å². The predicted octanol–water partition coefficient (Wildman–Crippen LogP) is 4.98. The molecular weight excluding hydrogens is 367 g/mol. The first kappa shape index (κ1) is 17.3. The van der Waals surface area contributed by atoms with Gasteiger partial charge in [0.05, 0.1) is 17.6 Å². The van der Waals surface area contributed by atoms with Crippen molar-refractivity contribution in [1.29, 1.82) is 0 Å². The van der Waals surface area contributed by atoms with E-state index >= 15 is 0 Å². The molecular formula is C24H25FN2S. The van der Waals surface area contributed by atoms with Crippen LogP contribution in [0.15, 0.2) is 82.8 Å². The van der Waals surface area contributed by atoms with E-state index in [9.17, 15) is 4.39 Å². The van der Waals surface area contributed by atoms with E-state index in [1.165, 1.54) is 16.0 Å². The first-order valence-corrected chi connectivity index (χ1v) is 11.3. The average Bonchev–Trinajstić information content (AvgIpc) is 3.26. The molecule has 1 saturated carbocycles. The molecule has 1 saturated heterocycles. The summed E-state index contributed by atoms with van der Waals surface area (Å²) in [5, 5.41) is 4.24. The number of thioether (sulfide) groups is 1. The first-order valence-electron chi connectivity index (χ1n) is 10.4. The van der Waals surface area contributed by atoms with E-state index in [0.29, 0.717) is 23.9 Å². The van der Waals surface area contributed by atoms with E-state index in [-0.39, 0.29) is 12.1 Å². The number of hydrogen-bond donors (Lipinski definition) is 1. The third kappa shape index (κ3) is 2.77. The number of fused-ring (bicyclic) bond motifs is 4. The van der Waals surface area contributed by atoms with Gasteiger partial charge in [-0.1, -0.05) is 48.6 Å². The van der Waals surface area contributed by atoms with E-state index in [0.717, 1.165) is 19.3 Å². The highest BCUT2D eigenvalue weighted by molar-refractivity contribution is 8.00. The highest BCUT2D eigenvalue weighted by atomic mass is 32.2. The summed E-state index contributed by atoms with van der Waals surface area (Å²) in [4.78, 5) is 3.94. The smallest absolute Gasteiger partial charge is 0.133 e. The van der Waals surface area contributed by atoms with Crippen molar-refractivity contribution < 1.29 is 4.39 Å². The fourth-order valence-corrected chi connectivity index (χ4v) is 6.55. The fraction of sp³-hybridized carbons (Fsp3) is 0.417. The lowest BCUT2D eigenvalue weighted by Gasteiger charge is -2.42. The molecule has 2 heterocycles. The van der Waals surface area contributed by atoms with Crippen LogP contribution in [0.3, 0.4) is 0 Å². The monoisotopic (exact) mass is 392 g/mol. The van der Waals surface area contributed by atoms with Gasteiger partial charge in [-0.25, -0.2) is 4.39 Å². The largest absolute Gasteiger partial charge is 0.284 e. The maximum Gasteiger partial charge on any atom is 0.133 e. The summed E-state index contributed by atoms with van der Waals surface area (Å²) in [6.07, 6.45) is 17.3. The number of nitrogens with zero attached hydrogens (tertiary/aromatic N) is 1. The number of alkyl halides is 1. The van der Waals surface area contributed by atoms with Gasteiger partial charge in [0.2, 0.25) is 0 Å². The Morgan fingerprint density at radius 3 is 2.93 bits per heavy atom. The van der Waals surface area contributed by atoms with Crippen molar-refractivity contribution in [2.45, 2.75) is 59.9 Å². The van der Waals surface area contributed by atoms with Crippen molar-refractivity contribution in [3.8, 4) is 0 Å². The summed E-state index contributed by atoms with van der Waals surface area (Å²) in [6.45, 7) is 0. The van der Waals surface area contributed by atoms with Crippen molar-refractivity contribution in [2.24, 2.45) is 5.92 Å². The molecule has 0 aromatic heterocycles. The Kier molecular flexibility index (Phi) is 3.97. The van der Waals surface area contributed by atoms with Crippen molar-refractivity contribution in [2.75, 3.05) is 0 Å². The standard InChI is InChI=1S/C24H25FN2S/c25-24-14-17-11-12-20-23(28-19-9-5-2-6-10-19)26-22(16-7-3-1-4-8-16)27(20)21(17)13-18(24)15-24/h1-3,5-7,9-12,14,18,20-23,26H,4,8,13,15H2/t18?,20?,21?,22?,23?,24-/m1/s1. The number of benzene rings is 1. The van der Waals surface area contributed by atoms with Crippen LogP contribution in [0, 0.1) is 5.92 Å². The molecule has 0 radical (unpaired) electrons. The van der Waals surface area contributed by atoms with Gasteiger partial charge in [-0.05, 0) is 55.0 Å². The number of rotatable bonds is 3. The van der Waals surface area contributed by atoms with Crippen molar-refractivity contribution in [3.05, 3.63) is 77.9 Å². The second kappa shape index (κ2) is 6.45. The van der Waals surface area contributed by atoms with Gasteiger partial charge in [0.15, 0.2) is 0 Å². The zero-order valence-electron chi connectivity index (χ0n) is 15.8. The first-order chi connectivity index (χ1) is 13.7. The molecule has 2 aliphatic heterocycles. The highest BCUT2D eigenvalue weighted by Gasteiger charge is 2.60. The molecule has 1 aromatic carbocycles. The molecule has 144 valence electrons. The number of hydrogen-bond acceptors (Lipinski definition) is 3. The van der Waals surface area contributed by atoms with E-state index < -0.39 is 5.67 Å². The third-order valence-electron chi connectivity index (χ3n) is 6.90. The minimum atomic E-state index is -1.02. The van der Waals surface area contributed by atoms with E-state index in [1.807, 2.05) is 17.8 Å². The van der Waals surface area contributed by atoms with Crippen LogP contribution in [0.5, 0.6) is 0 Å². The summed E-state index contributed by atoms with van der Waals surface area (Å²) >= 11 is 1.91. The third-order valence-corrected chi connectivity index (χ3v) is 8.11. The maximum atomic E-state index is 14.7. The molecule has 1 N–H and O–H groups in total. The lowest BCUT2D eigenvalue weighted by molar-refractivity contribution is 0.151. The van der Waals surface area contributed by atoms with Gasteiger partial charge in [-0.2, -0.15) is 0 Å². The van der Waals surface area contributed by atoms with Gasteiger partial charge in [0, 0.05) is 16.9 Å². The van der Waals surface area contributed by atoms with Crippen molar-refractivity contribution in [3.63, 3.8) is 0 Å². The maximum absolute atomic E-state index is 14.7. The second-order valence-electron chi connectivity index (χ2n) is 8.65. The molecule has 0 amide bonds. The quantitative estimate of drug-likeness (QED) is 0.781. The zero-order valence-corrected chi connectivity index (χ0v) is 16.6. The Morgan fingerprint density at radius 2 is 2.11 bits per heavy atom. The minimum Gasteiger partial charge on any atom is -0.284 e. The van der Waals surface area contributed by atoms with Gasteiger partial charge in [0.1, 0.15) is 5.67 Å². The van der Waals surface area contributed by atoms with Crippen molar-refractivity contribution in [1.82, 2.24) is 10.2 Å². The Balaban J connectivity index is 1.36. The van der Waals surface area contributed by atoms with Crippen molar-refractivity contribution >= 4 is 11.8 Å². The lowest BCUT2D eigenvalue weighted by atomic mass is 9.86. The molecule has 6 atom stereocenters. The topological polar surface area (TPSA) is 15.3 Å². The number of halogens is 1. The summed E-state index contributed by atoms with van der Waals surface area (Å²) in [6, 6.07) is 11.3. The Hall–Kier alpha value is -1.62. The van der Waals surface area contributed by atoms with Crippen LogP contribution in [0.2, 0.25) is 0 Å². The summed E-state index contributed by atoms with van der Waals surface area (Å²) in [7, 11) is 0. The molecule has 1 aromatic rings. The molecule has 5 aliphatic rings. The summed E-state index contributed by atoms with van der Waals surface area (Å²) in [5.41, 5.74) is 1.64. The van der Waals surface area contributed by atoms with Crippen LogP contribution in [0.1, 0.15) is 25.7 Å². The summed E-state index contributed by atoms with van der Waals surface area (Å²) < 4.78 is 14.7. The van der Waals surface area contributed by atoms with Gasteiger partial charge in [-0.3, -0.25) is 10.2 Å². The SMILES string of the molecule is F[C@@]12C=C3C=CC4C(Sc5ccccc5)NC(C5=CC=CCC5)N4C3CC1C2. The van der Waals surface area contributed by atoms with Gasteiger partial charge >= 0.3 is 0 Å². The Morgan fingerprint density at radius 1 is 1.21 bits per heavy atom. The van der Waals surface area contributed by atoms with Gasteiger partial charge in [-0.15, -0.1) is 11.8 Å². The minimum absolute atomic E-state index is 0.218. The number of nitrogens with one attached hydrogen (secondary N) is 1. The predicted molar refractivity (Wildman–Crippen MR) is 113 cm³/mol. The molecule has 3 aliphatic carbocycles. The molecule has 2 fully saturated rings. The average molecular weight is 393 g/mol. The number of allylic oxidation sites excluding steroid dienone is 4. The van der Waals surface area contributed by atoms with Crippen LogP contribution < -0.4 is 5.32 Å². The molecule has 4 heteroatoms. The Bertz CT molecular complexity index is 904. The van der Waals surface area contributed by atoms with Crippen LogP contribution in [0.25, 0.3) is 0 Å². The molecule has 6 rings (SSSR count). The Labute approximate surface area is 170 Å². The van der Waals surface area contributed by atoms with E-state index in [1.54, 1.807) is 0 Å². The summed E-state index contributed by atoms with van der Waals surface area (Å²) in [5.74, 6) is 0.218.